The summed E-state index contributed by atoms with van der Waals surface area (Å²) in [5.74, 6) is 0.523. The summed E-state index contributed by atoms with van der Waals surface area (Å²) in [6, 6.07) is 8.61. The standard InChI is InChI=1S/C19H21FN4O/c1-13-9-14(2)24-11-17(22-19(24)21-13)10-23-7-8-25-18(12-23)15-3-5-16(20)6-4-15/h3-6,9,11,18H,7-8,10,12H2,1-2H3. The van der Waals surface area contributed by atoms with Gasteiger partial charge in [-0.25, -0.2) is 14.4 Å². The van der Waals surface area contributed by atoms with Gasteiger partial charge in [-0.05, 0) is 37.6 Å². The van der Waals surface area contributed by atoms with Gasteiger partial charge in [0.1, 0.15) is 5.82 Å². The Balaban J connectivity index is 1.50. The molecule has 2 aromatic heterocycles. The number of ether oxygens (including phenoxy) is 1. The maximum Gasteiger partial charge on any atom is 0.234 e. The zero-order chi connectivity index (χ0) is 17.4. The van der Waals surface area contributed by atoms with Gasteiger partial charge in [0.15, 0.2) is 0 Å². The minimum Gasteiger partial charge on any atom is -0.371 e. The van der Waals surface area contributed by atoms with Crippen LogP contribution < -0.4 is 0 Å². The Morgan fingerprint density at radius 3 is 2.80 bits per heavy atom. The van der Waals surface area contributed by atoms with Crippen molar-refractivity contribution in [2.45, 2.75) is 26.5 Å². The van der Waals surface area contributed by atoms with E-state index in [4.69, 9.17) is 4.74 Å². The van der Waals surface area contributed by atoms with Crippen LogP contribution in [0.3, 0.4) is 0 Å². The monoisotopic (exact) mass is 340 g/mol. The average Bonchev–Trinajstić information content (AvgIpc) is 2.98. The number of hydrogen-bond acceptors (Lipinski definition) is 4. The van der Waals surface area contributed by atoms with Gasteiger partial charge in [-0.3, -0.25) is 9.30 Å². The summed E-state index contributed by atoms with van der Waals surface area (Å²) in [5.41, 5.74) is 4.12. The smallest absolute Gasteiger partial charge is 0.234 e. The Bertz CT molecular complexity index is 890. The SMILES string of the molecule is Cc1cc(C)n2cc(CN3CCOC(c4ccc(F)cc4)C3)nc2n1. The number of hydrogen-bond donors (Lipinski definition) is 0. The van der Waals surface area contributed by atoms with Crippen molar-refractivity contribution in [2.24, 2.45) is 0 Å². The van der Waals surface area contributed by atoms with Crippen molar-refractivity contribution in [1.29, 1.82) is 0 Å². The number of rotatable bonds is 3. The number of aromatic nitrogens is 3. The molecule has 1 aliphatic rings. The molecule has 130 valence electrons. The highest BCUT2D eigenvalue weighted by Crippen LogP contribution is 2.23. The first-order chi connectivity index (χ1) is 12.1. The van der Waals surface area contributed by atoms with Gasteiger partial charge in [0.25, 0.3) is 0 Å². The van der Waals surface area contributed by atoms with Crippen LogP contribution in [0.2, 0.25) is 0 Å². The van der Waals surface area contributed by atoms with Gasteiger partial charge in [-0.15, -0.1) is 0 Å². The van der Waals surface area contributed by atoms with E-state index < -0.39 is 0 Å². The quantitative estimate of drug-likeness (QED) is 0.735. The Morgan fingerprint density at radius 1 is 1.20 bits per heavy atom. The Kier molecular flexibility index (Phi) is 4.23. The fraction of sp³-hybridized carbons (Fsp3) is 0.368. The van der Waals surface area contributed by atoms with E-state index in [0.29, 0.717) is 6.61 Å². The summed E-state index contributed by atoms with van der Waals surface area (Å²) < 4.78 is 21.0. The molecule has 0 N–H and O–H groups in total. The topological polar surface area (TPSA) is 42.7 Å². The predicted molar refractivity (Wildman–Crippen MR) is 92.8 cm³/mol. The lowest BCUT2D eigenvalue weighted by molar-refractivity contribution is -0.0332. The maximum atomic E-state index is 13.1. The van der Waals surface area contributed by atoms with Gasteiger partial charge in [-0.1, -0.05) is 12.1 Å². The molecule has 3 heterocycles. The molecule has 5 nitrogen and oxygen atoms in total. The van der Waals surface area contributed by atoms with Crippen LogP contribution in [-0.4, -0.2) is 39.0 Å². The van der Waals surface area contributed by atoms with Crippen molar-refractivity contribution in [3.05, 3.63) is 65.0 Å². The van der Waals surface area contributed by atoms with Crippen LogP contribution in [0, 0.1) is 19.7 Å². The van der Waals surface area contributed by atoms with Crippen LogP contribution in [0.15, 0.2) is 36.5 Å². The van der Waals surface area contributed by atoms with Crippen LogP contribution in [-0.2, 0) is 11.3 Å². The van der Waals surface area contributed by atoms with Gasteiger partial charge >= 0.3 is 0 Å². The van der Waals surface area contributed by atoms with Crippen LogP contribution in [0.25, 0.3) is 5.78 Å². The first-order valence-corrected chi connectivity index (χ1v) is 8.50. The normalized spacial score (nSPS) is 18.8. The second-order valence-corrected chi connectivity index (χ2v) is 6.59. The molecule has 0 saturated carbocycles. The highest BCUT2D eigenvalue weighted by atomic mass is 19.1. The van der Waals surface area contributed by atoms with E-state index >= 15 is 0 Å². The third kappa shape index (κ3) is 3.41. The van der Waals surface area contributed by atoms with Gasteiger partial charge < -0.3 is 4.74 Å². The van der Waals surface area contributed by atoms with Gasteiger partial charge in [0.05, 0.1) is 18.4 Å². The highest BCUT2D eigenvalue weighted by molar-refractivity contribution is 5.34. The van der Waals surface area contributed by atoms with Crippen molar-refractivity contribution < 1.29 is 9.13 Å². The third-order valence-electron chi connectivity index (χ3n) is 4.59. The molecular weight excluding hydrogens is 319 g/mol. The lowest BCUT2D eigenvalue weighted by atomic mass is 10.1. The van der Waals surface area contributed by atoms with Crippen molar-refractivity contribution in [1.82, 2.24) is 19.3 Å². The Hall–Kier alpha value is -2.31. The van der Waals surface area contributed by atoms with Gasteiger partial charge in [0, 0.05) is 37.2 Å². The largest absolute Gasteiger partial charge is 0.371 e. The Labute approximate surface area is 146 Å². The molecule has 0 aliphatic carbocycles. The fourth-order valence-electron chi connectivity index (χ4n) is 3.35. The molecule has 6 heteroatoms. The van der Waals surface area contributed by atoms with Crippen LogP contribution >= 0.6 is 0 Å². The van der Waals surface area contributed by atoms with Crippen LogP contribution in [0.4, 0.5) is 4.39 Å². The van der Waals surface area contributed by atoms with Gasteiger partial charge in [-0.2, -0.15) is 0 Å². The average molecular weight is 340 g/mol. The lowest BCUT2D eigenvalue weighted by Gasteiger charge is -2.32. The number of fused-ring (bicyclic) bond motifs is 1. The molecule has 0 spiro atoms. The van der Waals surface area contributed by atoms with Crippen molar-refractivity contribution >= 4 is 5.78 Å². The fourth-order valence-corrected chi connectivity index (χ4v) is 3.35. The Morgan fingerprint density at radius 2 is 2.00 bits per heavy atom. The van der Waals surface area contributed by atoms with E-state index in [1.54, 1.807) is 12.1 Å². The zero-order valence-corrected chi connectivity index (χ0v) is 14.4. The maximum absolute atomic E-state index is 13.1. The molecule has 1 aliphatic heterocycles. The number of aryl methyl sites for hydroxylation is 2. The molecule has 3 aromatic rings. The van der Waals surface area contributed by atoms with E-state index in [-0.39, 0.29) is 11.9 Å². The molecule has 1 aromatic carbocycles. The first-order valence-electron chi connectivity index (χ1n) is 8.50. The molecule has 1 unspecified atom stereocenters. The second-order valence-electron chi connectivity index (χ2n) is 6.59. The summed E-state index contributed by atoms with van der Waals surface area (Å²) in [4.78, 5) is 11.5. The lowest BCUT2D eigenvalue weighted by Crippen LogP contribution is -2.37. The number of halogens is 1. The van der Waals surface area contributed by atoms with Crippen molar-refractivity contribution in [2.75, 3.05) is 19.7 Å². The van der Waals surface area contributed by atoms with E-state index in [1.807, 2.05) is 11.3 Å². The van der Waals surface area contributed by atoms with E-state index in [9.17, 15) is 4.39 Å². The molecular formula is C19H21FN4O. The zero-order valence-electron chi connectivity index (χ0n) is 14.4. The number of morpholine rings is 1. The number of benzene rings is 1. The van der Waals surface area contributed by atoms with Crippen molar-refractivity contribution in [3.63, 3.8) is 0 Å². The third-order valence-corrected chi connectivity index (χ3v) is 4.59. The molecule has 4 rings (SSSR count). The van der Waals surface area contributed by atoms with Gasteiger partial charge in [0.2, 0.25) is 5.78 Å². The van der Waals surface area contributed by atoms with Crippen molar-refractivity contribution in [3.8, 4) is 0 Å². The summed E-state index contributed by atoms with van der Waals surface area (Å²) in [6.07, 6.45) is 2.02. The number of nitrogens with zero attached hydrogens (tertiary/aromatic N) is 4. The molecule has 1 saturated heterocycles. The van der Waals surface area contributed by atoms with E-state index in [1.165, 1.54) is 12.1 Å². The molecule has 25 heavy (non-hydrogen) atoms. The number of imidazole rings is 1. The summed E-state index contributed by atoms with van der Waals surface area (Å²) in [5, 5.41) is 0. The summed E-state index contributed by atoms with van der Waals surface area (Å²) >= 11 is 0. The van der Waals surface area contributed by atoms with E-state index in [2.05, 4.69) is 34.1 Å². The predicted octanol–water partition coefficient (Wildman–Crippen LogP) is 3.06. The molecule has 0 amide bonds. The highest BCUT2D eigenvalue weighted by Gasteiger charge is 2.23. The molecule has 1 atom stereocenters. The van der Waals surface area contributed by atoms with E-state index in [0.717, 1.165) is 48.1 Å². The van der Waals surface area contributed by atoms with Crippen LogP contribution in [0.1, 0.15) is 28.7 Å². The minimum atomic E-state index is -0.223. The summed E-state index contributed by atoms with van der Waals surface area (Å²) in [6.45, 7) is 7.08. The van der Waals surface area contributed by atoms with Crippen LogP contribution in [0.5, 0.6) is 0 Å². The minimum absolute atomic E-state index is 0.0338. The second kappa shape index (κ2) is 6.54. The first kappa shape index (κ1) is 16.2. The molecule has 0 bridgehead atoms. The summed E-state index contributed by atoms with van der Waals surface area (Å²) in [7, 11) is 0. The molecule has 0 radical (unpaired) electrons. The molecule has 1 fully saturated rings.